The molecule has 1 heterocycles. The van der Waals surface area contributed by atoms with Gasteiger partial charge in [-0.05, 0) is 57.2 Å². The maximum Gasteiger partial charge on any atom is 0.407 e. The van der Waals surface area contributed by atoms with E-state index in [9.17, 15) is 9.59 Å². The standard InChI is InChI=1S/C19H28N2O3/c1-14-6-5-11-21(13-14)17(22)16-9-7-15(8-10-16)12-20-18(23)24-19(2,3)4/h7-10,14H,5-6,11-13H2,1-4H3,(H,20,23)/t14-/m0/s1. The van der Waals surface area contributed by atoms with E-state index in [2.05, 4.69) is 12.2 Å². The van der Waals surface area contributed by atoms with E-state index in [0.29, 0.717) is 18.0 Å². The third kappa shape index (κ3) is 5.55. The zero-order valence-electron chi connectivity index (χ0n) is 15.1. The van der Waals surface area contributed by atoms with Crippen LogP contribution in [0.25, 0.3) is 0 Å². The van der Waals surface area contributed by atoms with Crippen LogP contribution in [0.2, 0.25) is 0 Å². The summed E-state index contributed by atoms with van der Waals surface area (Å²) < 4.78 is 5.20. The number of nitrogens with zero attached hydrogens (tertiary/aromatic N) is 1. The van der Waals surface area contributed by atoms with Crippen LogP contribution in [0.3, 0.4) is 0 Å². The van der Waals surface area contributed by atoms with E-state index in [1.165, 1.54) is 6.42 Å². The molecule has 0 radical (unpaired) electrons. The number of likely N-dealkylation sites (tertiary alicyclic amines) is 1. The van der Waals surface area contributed by atoms with Gasteiger partial charge in [-0.15, -0.1) is 0 Å². The number of hydrogen-bond donors (Lipinski definition) is 1. The summed E-state index contributed by atoms with van der Waals surface area (Å²) in [6, 6.07) is 7.40. The number of amides is 2. The quantitative estimate of drug-likeness (QED) is 0.920. The van der Waals surface area contributed by atoms with Crippen molar-refractivity contribution in [3.05, 3.63) is 35.4 Å². The van der Waals surface area contributed by atoms with Crippen LogP contribution in [0.1, 0.15) is 56.5 Å². The second-order valence-electron chi connectivity index (χ2n) is 7.55. The molecule has 1 saturated heterocycles. The van der Waals surface area contributed by atoms with Gasteiger partial charge in [-0.25, -0.2) is 4.79 Å². The molecule has 5 heteroatoms. The van der Waals surface area contributed by atoms with Crippen molar-refractivity contribution in [3.8, 4) is 0 Å². The van der Waals surface area contributed by atoms with Crippen molar-refractivity contribution in [2.45, 2.75) is 52.7 Å². The third-order valence-corrected chi connectivity index (χ3v) is 3.98. The summed E-state index contributed by atoms with van der Waals surface area (Å²) in [7, 11) is 0. The molecule has 0 saturated carbocycles. The Labute approximate surface area is 144 Å². The van der Waals surface area contributed by atoms with Gasteiger partial charge < -0.3 is 15.0 Å². The molecule has 1 aliphatic heterocycles. The highest BCUT2D eigenvalue weighted by atomic mass is 16.6. The maximum atomic E-state index is 12.5. The molecule has 1 atom stereocenters. The van der Waals surface area contributed by atoms with Crippen molar-refractivity contribution >= 4 is 12.0 Å². The summed E-state index contributed by atoms with van der Waals surface area (Å²) in [5, 5.41) is 2.72. The topological polar surface area (TPSA) is 58.6 Å². The number of hydrogen-bond acceptors (Lipinski definition) is 3. The van der Waals surface area contributed by atoms with Gasteiger partial charge in [-0.1, -0.05) is 19.1 Å². The minimum atomic E-state index is -0.508. The highest BCUT2D eigenvalue weighted by Crippen LogP contribution is 2.18. The summed E-state index contributed by atoms with van der Waals surface area (Å²) in [5.74, 6) is 0.660. The second-order valence-corrected chi connectivity index (χ2v) is 7.55. The maximum absolute atomic E-state index is 12.5. The van der Waals surface area contributed by atoms with Crippen molar-refractivity contribution in [3.63, 3.8) is 0 Å². The Morgan fingerprint density at radius 3 is 2.50 bits per heavy atom. The third-order valence-electron chi connectivity index (χ3n) is 3.98. The zero-order valence-corrected chi connectivity index (χ0v) is 15.1. The lowest BCUT2D eigenvalue weighted by molar-refractivity contribution is 0.0523. The molecule has 0 aliphatic carbocycles. The Balaban J connectivity index is 1.88. The van der Waals surface area contributed by atoms with Crippen molar-refractivity contribution in [2.24, 2.45) is 5.92 Å². The zero-order chi connectivity index (χ0) is 17.7. The van der Waals surface area contributed by atoms with Crippen LogP contribution >= 0.6 is 0 Å². The predicted molar refractivity (Wildman–Crippen MR) is 93.8 cm³/mol. The summed E-state index contributed by atoms with van der Waals surface area (Å²) in [5.41, 5.74) is 1.13. The van der Waals surface area contributed by atoms with Gasteiger partial charge in [0.1, 0.15) is 5.60 Å². The largest absolute Gasteiger partial charge is 0.444 e. The number of carbonyl (C=O) groups is 2. The number of ether oxygens (including phenoxy) is 1. The lowest BCUT2D eigenvalue weighted by atomic mass is 9.99. The highest BCUT2D eigenvalue weighted by molar-refractivity contribution is 5.94. The summed E-state index contributed by atoms with van der Waals surface area (Å²) in [4.78, 5) is 26.1. The van der Waals surface area contributed by atoms with Crippen LogP contribution < -0.4 is 5.32 Å². The van der Waals surface area contributed by atoms with Gasteiger partial charge in [0.2, 0.25) is 0 Å². The molecule has 132 valence electrons. The molecule has 0 bridgehead atoms. The first-order valence-corrected chi connectivity index (χ1v) is 8.59. The number of benzene rings is 1. The normalized spacial score (nSPS) is 18.2. The molecule has 1 N–H and O–H groups in total. The van der Waals surface area contributed by atoms with Crippen LogP contribution in [0.4, 0.5) is 4.79 Å². The monoisotopic (exact) mass is 332 g/mol. The molecule has 1 aromatic carbocycles. The molecule has 1 fully saturated rings. The van der Waals surface area contributed by atoms with Crippen LogP contribution in [0, 0.1) is 5.92 Å². The molecule has 24 heavy (non-hydrogen) atoms. The van der Waals surface area contributed by atoms with E-state index in [4.69, 9.17) is 4.74 Å². The fraction of sp³-hybridized carbons (Fsp3) is 0.579. The molecule has 2 amide bonds. The first-order valence-electron chi connectivity index (χ1n) is 8.59. The fourth-order valence-corrected chi connectivity index (χ4v) is 2.81. The van der Waals surface area contributed by atoms with Gasteiger partial charge in [0.15, 0.2) is 0 Å². The Morgan fingerprint density at radius 2 is 1.92 bits per heavy atom. The number of rotatable bonds is 3. The van der Waals surface area contributed by atoms with Gasteiger partial charge in [-0.2, -0.15) is 0 Å². The summed E-state index contributed by atoms with van der Waals surface area (Å²) >= 11 is 0. The Hall–Kier alpha value is -2.04. The molecule has 0 aromatic heterocycles. The molecular weight excluding hydrogens is 304 g/mol. The number of carbonyl (C=O) groups excluding carboxylic acids is 2. The van der Waals surface area contributed by atoms with Gasteiger partial charge >= 0.3 is 6.09 Å². The van der Waals surface area contributed by atoms with Crippen LogP contribution in [0.5, 0.6) is 0 Å². The minimum Gasteiger partial charge on any atom is -0.444 e. The average molecular weight is 332 g/mol. The van der Waals surface area contributed by atoms with Crippen molar-refractivity contribution in [1.82, 2.24) is 10.2 Å². The van der Waals surface area contributed by atoms with Gasteiger partial charge in [-0.3, -0.25) is 4.79 Å². The Bertz CT molecular complexity index is 575. The van der Waals surface area contributed by atoms with Crippen LogP contribution in [-0.4, -0.2) is 35.6 Å². The van der Waals surface area contributed by atoms with E-state index < -0.39 is 11.7 Å². The van der Waals surface area contributed by atoms with Crippen molar-refractivity contribution in [2.75, 3.05) is 13.1 Å². The van der Waals surface area contributed by atoms with Gasteiger partial charge in [0.25, 0.3) is 5.91 Å². The molecule has 5 nitrogen and oxygen atoms in total. The average Bonchev–Trinajstić information content (AvgIpc) is 2.51. The summed E-state index contributed by atoms with van der Waals surface area (Å²) in [6.07, 6.45) is 1.83. The van der Waals surface area contributed by atoms with Crippen molar-refractivity contribution < 1.29 is 14.3 Å². The molecule has 1 aromatic rings. The van der Waals surface area contributed by atoms with Crippen LogP contribution in [-0.2, 0) is 11.3 Å². The first-order chi connectivity index (χ1) is 11.2. The molecule has 1 aliphatic rings. The highest BCUT2D eigenvalue weighted by Gasteiger charge is 2.22. The van der Waals surface area contributed by atoms with E-state index >= 15 is 0 Å². The fourth-order valence-electron chi connectivity index (χ4n) is 2.81. The lowest BCUT2D eigenvalue weighted by Crippen LogP contribution is -2.39. The molecule has 0 unspecified atom stereocenters. The number of alkyl carbamates (subject to hydrolysis) is 1. The smallest absolute Gasteiger partial charge is 0.407 e. The summed E-state index contributed by atoms with van der Waals surface area (Å²) in [6.45, 7) is 9.72. The van der Waals surface area contributed by atoms with Crippen molar-refractivity contribution in [1.29, 1.82) is 0 Å². The Morgan fingerprint density at radius 1 is 1.25 bits per heavy atom. The van der Waals surface area contributed by atoms with Gasteiger partial charge in [0, 0.05) is 25.2 Å². The SMILES string of the molecule is C[C@H]1CCCN(C(=O)c2ccc(CNC(=O)OC(C)(C)C)cc2)C1. The van der Waals surface area contributed by atoms with Crippen LogP contribution in [0.15, 0.2) is 24.3 Å². The Kier molecular flexibility index (Phi) is 5.86. The first kappa shape index (κ1) is 18.3. The molecule has 2 rings (SSSR count). The minimum absolute atomic E-state index is 0.0909. The van der Waals surface area contributed by atoms with Gasteiger partial charge in [0.05, 0.1) is 0 Å². The van der Waals surface area contributed by atoms with E-state index in [1.807, 2.05) is 49.9 Å². The van der Waals surface area contributed by atoms with E-state index in [-0.39, 0.29) is 5.91 Å². The van der Waals surface area contributed by atoms with E-state index in [0.717, 1.165) is 25.1 Å². The van der Waals surface area contributed by atoms with E-state index in [1.54, 1.807) is 0 Å². The predicted octanol–water partition coefficient (Wildman–Crippen LogP) is 3.58. The molecular formula is C19H28N2O3. The second kappa shape index (κ2) is 7.69. The number of piperidine rings is 1. The number of nitrogens with one attached hydrogen (secondary N) is 1. The molecule has 0 spiro atoms. The lowest BCUT2D eigenvalue weighted by Gasteiger charge is -2.31.